The number of primary sulfonamides is 1. The molecular weight excluding hydrogens is 274 g/mol. The van der Waals surface area contributed by atoms with E-state index >= 15 is 0 Å². The van der Waals surface area contributed by atoms with E-state index in [1.165, 1.54) is 4.90 Å². The lowest BCUT2D eigenvalue weighted by Gasteiger charge is -2.14. The van der Waals surface area contributed by atoms with Gasteiger partial charge in [-0.3, -0.25) is 19.5 Å². The zero-order chi connectivity index (χ0) is 14.2. The van der Waals surface area contributed by atoms with Crippen molar-refractivity contribution in [3.05, 3.63) is 16.4 Å². The summed E-state index contributed by atoms with van der Waals surface area (Å²) in [4.78, 5) is 30.5. The van der Waals surface area contributed by atoms with Gasteiger partial charge in [0.1, 0.15) is 5.82 Å². The Morgan fingerprint density at radius 1 is 1.47 bits per heavy atom. The summed E-state index contributed by atoms with van der Waals surface area (Å²) in [5.74, 6) is -1.04. The molecule has 1 fully saturated rings. The molecule has 0 saturated carbocycles. The molecule has 1 unspecified atom stereocenters. The SMILES string of the molecule is Nc1cc(=O)[nH]c(N2CC(CS(N)(=O)=O)CC2=O)n1. The van der Waals surface area contributed by atoms with Gasteiger partial charge in [0.25, 0.3) is 5.56 Å². The Morgan fingerprint density at radius 2 is 2.16 bits per heavy atom. The third-order valence-corrected chi connectivity index (χ3v) is 3.61. The third-order valence-electron chi connectivity index (χ3n) is 2.68. The topological polar surface area (TPSA) is 152 Å². The van der Waals surface area contributed by atoms with E-state index in [1.807, 2.05) is 0 Å². The van der Waals surface area contributed by atoms with E-state index in [0.717, 1.165) is 6.07 Å². The van der Waals surface area contributed by atoms with Crippen LogP contribution < -0.4 is 21.3 Å². The Balaban J connectivity index is 2.22. The number of nitrogens with two attached hydrogens (primary N) is 2. The van der Waals surface area contributed by atoms with Crippen LogP contribution in [0.15, 0.2) is 10.9 Å². The van der Waals surface area contributed by atoms with Gasteiger partial charge in [0.15, 0.2) is 0 Å². The fraction of sp³-hybridized carbons (Fsp3) is 0.444. The first-order valence-electron chi connectivity index (χ1n) is 5.42. The Kier molecular flexibility index (Phi) is 3.28. The smallest absolute Gasteiger partial charge is 0.254 e. The van der Waals surface area contributed by atoms with Crippen molar-refractivity contribution in [3.8, 4) is 0 Å². The lowest BCUT2D eigenvalue weighted by molar-refractivity contribution is -0.117. The normalized spacial score (nSPS) is 19.9. The highest BCUT2D eigenvalue weighted by Gasteiger charge is 2.34. The standard InChI is InChI=1S/C9H13N5O4S/c10-6-2-7(15)13-9(12-6)14-3-5(1-8(14)16)4-19(11,17)18/h2,5H,1,3-4H2,(H2,11,17,18)(H3,10,12,13,15). The minimum absolute atomic E-state index is 0.0125. The number of aromatic amines is 1. The van der Waals surface area contributed by atoms with Crippen molar-refractivity contribution in [1.82, 2.24) is 9.97 Å². The number of sulfonamides is 1. The number of carbonyl (C=O) groups excluding carboxylic acids is 1. The van der Waals surface area contributed by atoms with Crippen LogP contribution in [-0.4, -0.2) is 36.6 Å². The number of carbonyl (C=O) groups is 1. The lowest BCUT2D eigenvalue weighted by Crippen LogP contribution is -2.30. The van der Waals surface area contributed by atoms with Crippen molar-refractivity contribution in [2.24, 2.45) is 11.1 Å². The molecule has 0 aliphatic carbocycles. The molecule has 5 N–H and O–H groups in total. The second-order valence-electron chi connectivity index (χ2n) is 4.40. The highest BCUT2D eigenvalue weighted by atomic mass is 32.2. The Morgan fingerprint density at radius 3 is 2.74 bits per heavy atom. The van der Waals surface area contributed by atoms with Gasteiger partial charge in [-0.15, -0.1) is 0 Å². The van der Waals surface area contributed by atoms with Crippen LogP contribution in [0.5, 0.6) is 0 Å². The molecule has 1 aliphatic heterocycles. The monoisotopic (exact) mass is 287 g/mol. The average molecular weight is 287 g/mol. The number of rotatable bonds is 3. The molecule has 19 heavy (non-hydrogen) atoms. The minimum Gasteiger partial charge on any atom is -0.383 e. The van der Waals surface area contributed by atoms with Gasteiger partial charge in [0.05, 0.1) is 5.75 Å². The van der Waals surface area contributed by atoms with Gasteiger partial charge in [0, 0.05) is 24.9 Å². The van der Waals surface area contributed by atoms with Crippen molar-refractivity contribution in [2.75, 3.05) is 22.9 Å². The largest absolute Gasteiger partial charge is 0.383 e. The van der Waals surface area contributed by atoms with Gasteiger partial charge < -0.3 is 5.73 Å². The first-order valence-corrected chi connectivity index (χ1v) is 7.14. The number of hydrogen-bond acceptors (Lipinski definition) is 6. The predicted octanol–water partition coefficient (Wildman–Crippen LogP) is -2.01. The van der Waals surface area contributed by atoms with Crippen LogP contribution in [0.1, 0.15) is 6.42 Å². The summed E-state index contributed by atoms with van der Waals surface area (Å²) in [7, 11) is -3.65. The fourth-order valence-corrected chi connectivity index (χ4v) is 2.90. The molecule has 1 aromatic heterocycles. The zero-order valence-corrected chi connectivity index (χ0v) is 10.7. The van der Waals surface area contributed by atoms with E-state index in [1.54, 1.807) is 0 Å². The molecule has 10 heteroatoms. The van der Waals surface area contributed by atoms with Crippen LogP contribution in [0.3, 0.4) is 0 Å². The second kappa shape index (κ2) is 4.63. The molecule has 1 atom stereocenters. The fourth-order valence-electron chi connectivity index (χ4n) is 2.02. The van der Waals surface area contributed by atoms with Crippen LogP contribution >= 0.6 is 0 Å². The molecule has 0 radical (unpaired) electrons. The first kappa shape index (κ1) is 13.5. The van der Waals surface area contributed by atoms with Crippen LogP contribution in [0.4, 0.5) is 11.8 Å². The van der Waals surface area contributed by atoms with E-state index in [9.17, 15) is 18.0 Å². The Bertz CT molecular complexity index is 667. The maximum absolute atomic E-state index is 11.8. The van der Waals surface area contributed by atoms with Gasteiger partial charge in [-0.05, 0) is 0 Å². The van der Waals surface area contributed by atoms with E-state index in [4.69, 9.17) is 10.9 Å². The van der Waals surface area contributed by atoms with Crippen molar-refractivity contribution in [3.63, 3.8) is 0 Å². The van der Waals surface area contributed by atoms with Crippen LogP contribution in [0, 0.1) is 5.92 Å². The zero-order valence-electron chi connectivity index (χ0n) is 9.87. The van der Waals surface area contributed by atoms with Crippen LogP contribution in [0.25, 0.3) is 0 Å². The van der Waals surface area contributed by atoms with Gasteiger partial charge in [-0.1, -0.05) is 0 Å². The number of nitrogen functional groups attached to an aromatic ring is 1. The second-order valence-corrected chi connectivity index (χ2v) is 6.06. The molecule has 104 valence electrons. The number of H-pyrrole nitrogens is 1. The molecule has 0 spiro atoms. The van der Waals surface area contributed by atoms with Gasteiger partial charge in [0.2, 0.25) is 21.9 Å². The third kappa shape index (κ3) is 3.29. The molecule has 1 amide bonds. The number of nitrogens with zero attached hydrogens (tertiary/aromatic N) is 2. The van der Waals surface area contributed by atoms with Gasteiger partial charge >= 0.3 is 0 Å². The van der Waals surface area contributed by atoms with Crippen molar-refractivity contribution >= 4 is 27.7 Å². The predicted molar refractivity (Wildman–Crippen MR) is 67.7 cm³/mol. The average Bonchev–Trinajstić information content (AvgIpc) is 2.54. The quantitative estimate of drug-likeness (QED) is 0.584. The van der Waals surface area contributed by atoms with E-state index < -0.39 is 21.5 Å². The van der Waals surface area contributed by atoms with Crippen molar-refractivity contribution in [2.45, 2.75) is 6.42 Å². The van der Waals surface area contributed by atoms with Gasteiger partial charge in [-0.2, -0.15) is 4.98 Å². The number of hydrogen-bond donors (Lipinski definition) is 3. The molecule has 1 aliphatic rings. The van der Waals surface area contributed by atoms with E-state index in [0.29, 0.717) is 0 Å². The van der Waals surface area contributed by atoms with Crippen LogP contribution in [0.2, 0.25) is 0 Å². The maximum Gasteiger partial charge on any atom is 0.254 e. The molecular formula is C9H13N5O4S. The lowest BCUT2D eigenvalue weighted by atomic mass is 10.1. The highest BCUT2D eigenvalue weighted by molar-refractivity contribution is 7.89. The number of nitrogens with one attached hydrogen (secondary N) is 1. The van der Waals surface area contributed by atoms with Crippen LogP contribution in [-0.2, 0) is 14.8 Å². The molecule has 0 bridgehead atoms. The summed E-state index contributed by atoms with van der Waals surface area (Å²) in [5.41, 5.74) is 4.94. The maximum atomic E-state index is 11.8. The van der Waals surface area contributed by atoms with Crippen molar-refractivity contribution < 1.29 is 13.2 Å². The summed E-state index contributed by atoms with van der Waals surface area (Å²) >= 11 is 0. The van der Waals surface area contributed by atoms with E-state index in [2.05, 4.69) is 9.97 Å². The molecule has 0 aromatic carbocycles. The van der Waals surface area contributed by atoms with Gasteiger partial charge in [-0.25, -0.2) is 13.6 Å². The first-order chi connectivity index (χ1) is 8.74. The minimum atomic E-state index is -3.65. The summed E-state index contributed by atoms with van der Waals surface area (Å²) in [5, 5.41) is 4.94. The summed E-state index contributed by atoms with van der Waals surface area (Å²) in [6.45, 7) is 0.127. The van der Waals surface area contributed by atoms with E-state index in [-0.39, 0.29) is 36.4 Å². The highest BCUT2D eigenvalue weighted by Crippen LogP contribution is 2.22. The van der Waals surface area contributed by atoms with Crippen molar-refractivity contribution in [1.29, 1.82) is 0 Å². The molecule has 1 aromatic rings. The molecule has 2 heterocycles. The number of aromatic nitrogens is 2. The summed E-state index contributed by atoms with van der Waals surface area (Å²) < 4.78 is 22.0. The Labute approximate surface area is 108 Å². The number of amides is 1. The summed E-state index contributed by atoms with van der Waals surface area (Å²) in [6, 6.07) is 1.09. The summed E-state index contributed by atoms with van der Waals surface area (Å²) in [6.07, 6.45) is 0.0366. The molecule has 1 saturated heterocycles. The Hall–Kier alpha value is -1.94. The number of anilines is 2. The molecule has 9 nitrogen and oxygen atoms in total. The molecule has 2 rings (SSSR count).